The lowest BCUT2D eigenvalue weighted by atomic mass is 10.2. The number of hydrogen-bond donors (Lipinski definition) is 0. The van der Waals surface area contributed by atoms with E-state index in [1.54, 1.807) is 11.3 Å². The average molecular weight is 228 g/mol. The summed E-state index contributed by atoms with van der Waals surface area (Å²) < 4.78 is 4.73. The molecule has 0 bridgehead atoms. The van der Waals surface area contributed by atoms with E-state index >= 15 is 0 Å². The maximum atomic E-state index is 4.73. The van der Waals surface area contributed by atoms with Crippen LogP contribution >= 0.6 is 11.3 Å². The summed E-state index contributed by atoms with van der Waals surface area (Å²) in [5, 5.41) is 3.82. The van der Waals surface area contributed by atoms with Crippen LogP contribution in [-0.4, -0.2) is 10.1 Å². The molecule has 0 radical (unpaired) electrons. The van der Waals surface area contributed by atoms with Crippen molar-refractivity contribution in [2.75, 3.05) is 0 Å². The number of benzene rings is 1. The smallest absolute Gasteiger partial charge is 0.214 e. The quantitative estimate of drug-likeness (QED) is 0.674. The third-order valence-corrected chi connectivity index (χ3v) is 3.38. The maximum Gasteiger partial charge on any atom is 0.214 e. The summed E-state index contributed by atoms with van der Waals surface area (Å²) in [6.07, 6.45) is 1.34. The van der Waals surface area contributed by atoms with Crippen molar-refractivity contribution in [1.29, 1.82) is 0 Å². The normalized spacial score (nSPS) is 10.5. The highest BCUT2D eigenvalue weighted by atomic mass is 32.1. The number of aromatic nitrogens is 2. The van der Waals surface area contributed by atoms with E-state index in [-0.39, 0.29) is 0 Å². The van der Waals surface area contributed by atoms with Gasteiger partial charge in [-0.15, -0.1) is 11.3 Å². The SMILES string of the molecule is c1ccc(-c2ccc(-c3ncon3)s2)cc1. The van der Waals surface area contributed by atoms with E-state index in [1.165, 1.54) is 16.8 Å². The molecule has 3 nitrogen and oxygen atoms in total. The van der Waals surface area contributed by atoms with Gasteiger partial charge in [-0.25, -0.2) is 0 Å². The second-order valence-electron chi connectivity index (χ2n) is 3.28. The molecule has 3 aromatic rings. The molecule has 2 aromatic heterocycles. The molecule has 0 atom stereocenters. The van der Waals surface area contributed by atoms with E-state index in [4.69, 9.17) is 4.52 Å². The van der Waals surface area contributed by atoms with Gasteiger partial charge in [0.15, 0.2) is 0 Å². The molecule has 1 aromatic carbocycles. The third-order valence-electron chi connectivity index (χ3n) is 2.25. The summed E-state index contributed by atoms with van der Waals surface area (Å²) in [5.41, 5.74) is 1.21. The zero-order valence-corrected chi connectivity index (χ0v) is 9.15. The van der Waals surface area contributed by atoms with Crippen LogP contribution in [0.5, 0.6) is 0 Å². The van der Waals surface area contributed by atoms with Gasteiger partial charge in [0.05, 0.1) is 4.88 Å². The molecule has 4 heteroatoms. The minimum Gasteiger partial charge on any atom is -0.342 e. The molecule has 0 N–H and O–H groups in total. The fraction of sp³-hybridized carbons (Fsp3) is 0. The van der Waals surface area contributed by atoms with Crippen molar-refractivity contribution in [1.82, 2.24) is 10.1 Å². The molecule has 16 heavy (non-hydrogen) atoms. The molecule has 3 rings (SSSR count). The second kappa shape index (κ2) is 3.90. The van der Waals surface area contributed by atoms with Crippen LogP contribution in [-0.2, 0) is 0 Å². The summed E-state index contributed by atoms with van der Waals surface area (Å²) in [7, 11) is 0. The Bertz CT molecular complexity index is 572. The van der Waals surface area contributed by atoms with Crippen molar-refractivity contribution in [3.63, 3.8) is 0 Å². The molecule has 2 heterocycles. The topological polar surface area (TPSA) is 38.9 Å². The number of hydrogen-bond acceptors (Lipinski definition) is 4. The predicted molar refractivity (Wildman–Crippen MR) is 63.0 cm³/mol. The maximum absolute atomic E-state index is 4.73. The molecule has 0 saturated heterocycles. The number of nitrogens with zero attached hydrogens (tertiary/aromatic N) is 2. The average Bonchev–Trinajstić information content (AvgIpc) is 3.01. The molecular formula is C12H8N2OS. The van der Waals surface area contributed by atoms with Crippen LogP contribution in [0.1, 0.15) is 0 Å². The Hall–Kier alpha value is -1.94. The lowest BCUT2D eigenvalue weighted by molar-refractivity contribution is 0.419. The van der Waals surface area contributed by atoms with Gasteiger partial charge in [-0.1, -0.05) is 35.5 Å². The van der Waals surface area contributed by atoms with Crippen LogP contribution in [0.15, 0.2) is 53.4 Å². The summed E-state index contributed by atoms with van der Waals surface area (Å²) in [4.78, 5) is 6.26. The standard InChI is InChI=1S/C12H8N2OS/c1-2-4-9(5-3-1)10-6-7-11(16-10)12-13-8-15-14-12/h1-8H. The molecule has 78 valence electrons. The monoisotopic (exact) mass is 228 g/mol. The molecule has 0 aliphatic rings. The van der Waals surface area contributed by atoms with Crippen molar-refractivity contribution in [2.24, 2.45) is 0 Å². The van der Waals surface area contributed by atoms with Gasteiger partial charge in [0.2, 0.25) is 12.2 Å². The fourth-order valence-corrected chi connectivity index (χ4v) is 2.44. The van der Waals surface area contributed by atoms with Gasteiger partial charge in [0.25, 0.3) is 0 Å². The Kier molecular flexibility index (Phi) is 2.27. The molecule has 0 unspecified atom stereocenters. The largest absolute Gasteiger partial charge is 0.342 e. The van der Waals surface area contributed by atoms with E-state index < -0.39 is 0 Å². The van der Waals surface area contributed by atoms with Crippen LogP contribution in [0, 0.1) is 0 Å². The zero-order chi connectivity index (χ0) is 10.8. The molecule has 0 amide bonds. The van der Waals surface area contributed by atoms with Crippen LogP contribution in [0.3, 0.4) is 0 Å². The Morgan fingerprint density at radius 1 is 0.938 bits per heavy atom. The molecule has 0 spiro atoms. The fourth-order valence-electron chi connectivity index (χ4n) is 1.49. The minimum atomic E-state index is 0.646. The highest BCUT2D eigenvalue weighted by Gasteiger charge is 2.07. The van der Waals surface area contributed by atoms with Gasteiger partial charge < -0.3 is 4.52 Å². The minimum absolute atomic E-state index is 0.646. The first-order chi connectivity index (χ1) is 7.93. The number of rotatable bonds is 2. The lowest BCUT2D eigenvalue weighted by Crippen LogP contribution is -1.71. The van der Waals surface area contributed by atoms with E-state index in [2.05, 4.69) is 28.3 Å². The van der Waals surface area contributed by atoms with Crippen LogP contribution < -0.4 is 0 Å². The Balaban J connectivity index is 2.00. The summed E-state index contributed by atoms with van der Waals surface area (Å²) in [6.45, 7) is 0. The van der Waals surface area contributed by atoms with Gasteiger partial charge >= 0.3 is 0 Å². The van der Waals surface area contributed by atoms with Gasteiger partial charge in [-0.2, -0.15) is 4.98 Å². The van der Waals surface area contributed by atoms with E-state index in [0.29, 0.717) is 5.82 Å². The van der Waals surface area contributed by atoms with E-state index in [1.807, 2.05) is 24.3 Å². The first-order valence-corrected chi connectivity index (χ1v) is 5.67. The van der Waals surface area contributed by atoms with Crippen LogP contribution in [0.2, 0.25) is 0 Å². The molecule has 0 aliphatic carbocycles. The van der Waals surface area contributed by atoms with Crippen molar-refractivity contribution in [3.8, 4) is 21.1 Å². The van der Waals surface area contributed by atoms with E-state index in [9.17, 15) is 0 Å². The second-order valence-corrected chi connectivity index (χ2v) is 4.37. The lowest BCUT2D eigenvalue weighted by Gasteiger charge is -1.94. The number of thiophene rings is 1. The summed E-state index contributed by atoms with van der Waals surface area (Å²) in [6, 6.07) is 14.3. The first-order valence-electron chi connectivity index (χ1n) is 4.85. The Morgan fingerprint density at radius 2 is 1.75 bits per heavy atom. The Morgan fingerprint density at radius 3 is 2.50 bits per heavy atom. The first kappa shape index (κ1) is 9.30. The molecular weight excluding hydrogens is 220 g/mol. The summed E-state index contributed by atoms with van der Waals surface area (Å²) >= 11 is 1.66. The molecule has 0 saturated carbocycles. The van der Waals surface area contributed by atoms with Gasteiger partial charge in [-0.05, 0) is 17.7 Å². The van der Waals surface area contributed by atoms with Gasteiger partial charge in [-0.3, -0.25) is 0 Å². The molecule has 0 fully saturated rings. The highest BCUT2D eigenvalue weighted by Crippen LogP contribution is 2.32. The van der Waals surface area contributed by atoms with Gasteiger partial charge in [0.1, 0.15) is 0 Å². The van der Waals surface area contributed by atoms with E-state index in [0.717, 1.165) is 4.88 Å². The predicted octanol–water partition coefficient (Wildman–Crippen LogP) is 3.47. The van der Waals surface area contributed by atoms with Crippen molar-refractivity contribution in [2.45, 2.75) is 0 Å². The van der Waals surface area contributed by atoms with Crippen molar-refractivity contribution < 1.29 is 4.52 Å². The molecule has 0 aliphatic heterocycles. The van der Waals surface area contributed by atoms with Crippen LogP contribution in [0.4, 0.5) is 0 Å². The third kappa shape index (κ3) is 1.63. The van der Waals surface area contributed by atoms with Gasteiger partial charge in [0, 0.05) is 4.88 Å². The Labute approximate surface area is 96.4 Å². The summed E-state index contributed by atoms with van der Waals surface area (Å²) in [5.74, 6) is 0.646. The highest BCUT2D eigenvalue weighted by molar-refractivity contribution is 7.18. The zero-order valence-electron chi connectivity index (χ0n) is 8.33. The van der Waals surface area contributed by atoms with Crippen molar-refractivity contribution >= 4 is 11.3 Å². The van der Waals surface area contributed by atoms with Crippen LogP contribution in [0.25, 0.3) is 21.1 Å². The van der Waals surface area contributed by atoms with Crippen molar-refractivity contribution in [3.05, 3.63) is 48.9 Å².